The van der Waals surface area contributed by atoms with Crippen molar-refractivity contribution < 1.29 is 32.6 Å². The minimum Gasteiger partial charge on any atom is -0.481 e. The number of hydrogen-bond donors (Lipinski definition) is 2. The summed E-state index contributed by atoms with van der Waals surface area (Å²) in [7, 11) is 0. The van der Waals surface area contributed by atoms with E-state index in [-0.39, 0.29) is 37.7 Å². The standard InChI is InChI=1S/C31H38F3N5O4S/c1-6-43-28(40)23-21(36-26(27-35-11-13-44-27)37-24(23)19-8-7-9-20(32)18(19)3)15-38-16-31(33,34)25-22(38)14-17(2)39(25)12-10-30(4,5)29(41)42/h7-9,11,13,17,22,24-25H,6,10,12,14-16H2,1-5H3,(H,36,37)(H,41,42). The number of carbonyl (C=O) groups excluding carboxylic acids is 1. The van der Waals surface area contributed by atoms with E-state index in [2.05, 4.69) is 10.3 Å². The average molecular weight is 634 g/mol. The van der Waals surface area contributed by atoms with Crippen LogP contribution in [-0.4, -0.2) is 88.0 Å². The van der Waals surface area contributed by atoms with E-state index in [4.69, 9.17) is 9.73 Å². The van der Waals surface area contributed by atoms with E-state index in [1.54, 1.807) is 61.2 Å². The highest BCUT2D eigenvalue weighted by Crippen LogP contribution is 2.45. The molecular formula is C31H38F3N5O4S. The van der Waals surface area contributed by atoms with Crippen molar-refractivity contribution in [2.75, 3.05) is 26.2 Å². The number of esters is 1. The highest BCUT2D eigenvalue weighted by molar-refractivity contribution is 7.11. The van der Waals surface area contributed by atoms with Crippen molar-refractivity contribution in [1.82, 2.24) is 20.1 Å². The normalized spacial score (nSPS) is 25.5. The van der Waals surface area contributed by atoms with E-state index in [1.807, 2.05) is 6.92 Å². The largest absolute Gasteiger partial charge is 0.481 e. The topological polar surface area (TPSA) is 107 Å². The summed E-state index contributed by atoms with van der Waals surface area (Å²) < 4.78 is 51.8. The fourth-order valence-electron chi connectivity index (χ4n) is 6.48. The zero-order chi connectivity index (χ0) is 32.0. The first-order valence-corrected chi connectivity index (χ1v) is 15.6. The first-order valence-electron chi connectivity index (χ1n) is 14.8. The van der Waals surface area contributed by atoms with Crippen LogP contribution >= 0.6 is 11.3 Å². The fourth-order valence-corrected chi connectivity index (χ4v) is 7.07. The summed E-state index contributed by atoms with van der Waals surface area (Å²) in [6.45, 7) is 8.11. The summed E-state index contributed by atoms with van der Waals surface area (Å²) in [4.78, 5) is 37.8. The van der Waals surface area contributed by atoms with Crippen LogP contribution in [0, 0.1) is 18.2 Å². The van der Waals surface area contributed by atoms with Crippen LogP contribution in [0.3, 0.4) is 0 Å². The number of amidine groups is 1. The highest BCUT2D eigenvalue weighted by atomic mass is 32.1. The van der Waals surface area contributed by atoms with Crippen molar-refractivity contribution >= 4 is 29.1 Å². The number of carboxylic acids is 1. The van der Waals surface area contributed by atoms with Gasteiger partial charge in [-0.15, -0.1) is 11.3 Å². The van der Waals surface area contributed by atoms with Gasteiger partial charge in [0.2, 0.25) is 0 Å². The molecule has 2 aromatic rings. The zero-order valence-corrected chi connectivity index (χ0v) is 26.3. The number of hydrogen-bond acceptors (Lipinski definition) is 9. The number of carbonyl (C=O) groups is 2. The smallest absolute Gasteiger partial charge is 0.338 e. The quantitative estimate of drug-likeness (QED) is 0.360. The van der Waals surface area contributed by atoms with Gasteiger partial charge >= 0.3 is 11.9 Å². The second kappa shape index (κ2) is 12.2. The van der Waals surface area contributed by atoms with Crippen LogP contribution < -0.4 is 5.32 Å². The monoisotopic (exact) mass is 633 g/mol. The zero-order valence-electron chi connectivity index (χ0n) is 25.4. The molecule has 44 heavy (non-hydrogen) atoms. The van der Waals surface area contributed by atoms with Gasteiger partial charge in [-0.3, -0.25) is 19.6 Å². The Bertz CT molecular complexity index is 1480. The molecule has 0 aliphatic carbocycles. The summed E-state index contributed by atoms with van der Waals surface area (Å²) in [6, 6.07) is 1.78. The summed E-state index contributed by atoms with van der Waals surface area (Å²) in [5.74, 6) is -4.80. The van der Waals surface area contributed by atoms with E-state index in [9.17, 15) is 19.1 Å². The van der Waals surface area contributed by atoms with Gasteiger partial charge in [-0.2, -0.15) is 0 Å². The number of thiazole rings is 1. The van der Waals surface area contributed by atoms with E-state index in [0.717, 1.165) is 0 Å². The van der Waals surface area contributed by atoms with Gasteiger partial charge in [0, 0.05) is 42.4 Å². The average Bonchev–Trinajstić information content (AvgIpc) is 3.66. The predicted molar refractivity (Wildman–Crippen MR) is 160 cm³/mol. The fraction of sp³-hybridized carbons (Fsp3) is 0.548. The van der Waals surface area contributed by atoms with E-state index in [0.29, 0.717) is 34.1 Å². The van der Waals surface area contributed by atoms with Crippen LogP contribution in [0.2, 0.25) is 0 Å². The molecule has 1 aromatic heterocycles. The third-order valence-electron chi connectivity index (χ3n) is 8.98. The maximum Gasteiger partial charge on any atom is 0.338 e. The molecule has 5 rings (SSSR count). The molecule has 0 radical (unpaired) electrons. The van der Waals surface area contributed by atoms with Crippen molar-refractivity contribution in [3.63, 3.8) is 0 Å². The Morgan fingerprint density at radius 2 is 2.05 bits per heavy atom. The molecule has 2 fully saturated rings. The van der Waals surface area contributed by atoms with E-state index < -0.39 is 53.8 Å². The molecule has 2 N–H and O–H groups in total. The van der Waals surface area contributed by atoms with Crippen LogP contribution in [0.25, 0.3) is 0 Å². The lowest BCUT2D eigenvalue weighted by atomic mass is 9.89. The molecule has 2 saturated heterocycles. The number of ether oxygens (including phenoxy) is 1. The molecule has 238 valence electrons. The van der Waals surface area contributed by atoms with Crippen molar-refractivity contribution in [1.29, 1.82) is 0 Å². The van der Waals surface area contributed by atoms with Gasteiger partial charge < -0.3 is 15.2 Å². The van der Waals surface area contributed by atoms with Crippen molar-refractivity contribution in [3.05, 3.63) is 63.0 Å². The molecule has 4 unspecified atom stereocenters. The molecule has 3 aliphatic rings. The number of alkyl halides is 2. The van der Waals surface area contributed by atoms with Crippen LogP contribution in [0.1, 0.15) is 62.7 Å². The third kappa shape index (κ3) is 6.01. The number of fused-ring (bicyclic) bond motifs is 1. The molecule has 4 heterocycles. The number of rotatable bonds is 10. The maximum atomic E-state index is 15.8. The van der Waals surface area contributed by atoms with Crippen LogP contribution in [-0.2, 0) is 14.3 Å². The number of aliphatic imine (C=N–C) groups is 1. The molecule has 0 bridgehead atoms. The number of likely N-dealkylation sites (tertiary alicyclic amines) is 2. The lowest BCUT2D eigenvalue weighted by Gasteiger charge is -2.33. The minimum absolute atomic E-state index is 0.0264. The molecular weight excluding hydrogens is 595 g/mol. The van der Waals surface area contributed by atoms with Crippen molar-refractivity contribution in [2.45, 2.75) is 77.6 Å². The third-order valence-corrected chi connectivity index (χ3v) is 9.76. The number of nitrogens with zero attached hydrogens (tertiary/aromatic N) is 4. The minimum atomic E-state index is -3.08. The highest BCUT2D eigenvalue weighted by Gasteiger charge is 2.61. The molecule has 0 amide bonds. The van der Waals surface area contributed by atoms with Crippen molar-refractivity contribution in [2.24, 2.45) is 10.4 Å². The lowest BCUT2D eigenvalue weighted by Crippen LogP contribution is -2.48. The first-order chi connectivity index (χ1) is 20.7. The van der Waals surface area contributed by atoms with Gasteiger partial charge in [0.1, 0.15) is 11.9 Å². The number of carboxylic acid groups (broad SMARTS) is 1. The molecule has 13 heteroatoms. The second-order valence-corrected chi connectivity index (χ2v) is 13.2. The molecule has 3 aliphatic heterocycles. The van der Waals surface area contributed by atoms with Gasteiger partial charge in [-0.1, -0.05) is 12.1 Å². The van der Waals surface area contributed by atoms with Gasteiger partial charge in [-0.25, -0.2) is 22.9 Å². The number of nitrogens with one attached hydrogen (secondary N) is 1. The number of benzene rings is 1. The van der Waals surface area contributed by atoms with E-state index in [1.165, 1.54) is 17.4 Å². The van der Waals surface area contributed by atoms with E-state index >= 15 is 8.78 Å². The van der Waals surface area contributed by atoms with Gasteiger partial charge in [0.25, 0.3) is 5.92 Å². The number of aliphatic carboxylic acids is 1. The molecule has 4 atom stereocenters. The second-order valence-electron chi connectivity index (χ2n) is 12.3. The summed E-state index contributed by atoms with van der Waals surface area (Å²) in [6.07, 6.45) is 2.30. The Hall–Kier alpha value is -3.29. The molecule has 9 nitrogen and oxygen atoms in total. The van der Waals surface area contributed by atoms with Crippen LogP contribution in [0.15, 0.2) is 46.0 Å². The molecule has 1 aromatic carbocycles. The molecule has 0 saturated carbocycles. The maximum absolute atomic E-state index is 15.8. The number of aromatic nitrogens is 1. The Labute approximate surface area is 258 Å². The van der Waals surface area contributed by atoms with Crippen LogP contribution in [0.4, 0.5) is 13.2 Å². The Kier molecular flexibility index (Phi) is 8.94. The summed E-state index contributed by atoms with van der Waals surface area (Å²) in [5.41, 5.74) is 0.227. The first kappa shape index (κ1) is 32.1. The van der Waals surface area contributed by atoms with Crippen LogP contribution in [0.5, 0.6) is 0 Å². The number of halogens is 3. The Balaban J connectivity index is 1.53. The SMILES string of the molecule is CCOC(=O)C1=C(CN2CC(F)(F)C3C2CC(C)N3CCC(C)(C)C(=O)O)NC(c2nccs2)=NC1c1cccc(F)c1C. The molecule has 0 spiro atoms. The lowest BCUT2D eigenvalue weighted by molar-refractivity contribution is -0.147. The summed E-state index contributed by atoms with van der Waals surface area (Å²) >= 11 is 1.32. The van der Waals surface area contributed by atoms with Gasteiger partial charge in [0.15, 0.2) is 10.8 Å². The van der Waals surface area contributed by atoms with Gasteiger partial charge in [-0.05, 0) is 64.7 Å². The van der Waals surface area contributed by atoms with Gasteiger partial charge in [0.05, 0.1) is 30.2 Å². The Morgan fingerprint density at radius 1 is 1.30 bits per heavy atom. The predicted octanol–water partition coefficient (Wildman–Crippen LogP) is 4.78. The Morgan fingerprint density at radius 3 is 2.70 bits per heavy atom. The van der Waals surface area contributed by atoms with Crippen molar-refractivity contribution in [3.8, 4) is 0 Å². The summed E-state index contributed by atoms with van der Waals surface area (Å²) in [5, 5.41) is 15.1.